The molecule has 6 nitrogen and oxygen atoms in total. The average Bonchev–Trinajstić information content (AvgIpc) is 3.36. The number of carbonyl (C=O) groups is 3. The van der Waals surface area contributed by atoms with E-state index in [1.807, 2.05) is 0 Å². The lowest BCUT2D eigenvalue weighted by Gasteiger charge is -2.18. The Balaban J connectivity index is 4.19. The van der Waals surface area contributed by atoms with Crippen molar-refractivity contribution in [1.82, 2.24) is 0 Å². The number of ether oxygens (including phenoxy) is 3. The Kier molecular flexibility index (Phi) is 55.8. The number of allylic oxidation sites excluding steroid dienone is 12. The Morgan fingerprint density at radius 2 is 0.586 bits per heavy atom. The minimum atomic E-state index is -0.786. The molecule has 404 valence electrons. The van der Waals surface area contributed by atoms with Crippen LogP contribution in [0.1, 0.15) is 297 Å². The molecule has 70 heavy (non-hydrogen) atoms. The first kappa shape index (κ1) is 66.9. The quantitative estimate of drug-likeness (QED) is 0.0261. The number of hydrogen-bond donors (Lipinski definition) is 0. The Morgan fingerprint density at radius 3 is 0.943 bits per heavy atom. The highest BCUT2D eigenvalue weighted by Crippen LogP contribution is 2.16. The topological polar surface area (TPSA) is 78.9 Å². The summed E-state index contributed by atoms with van der Waals surface area (Å²) in [5.74, 6) is -0.905. The predicted molar refractivity (Wildman–Crippen MR) is 302 cm³/mol. The SMILES string of the molecule is CC/C=C\C/C=C\C/C=C\CCCCCCCC(=O)OC(COC(=O)CCCCCCC/C=C\CCC)COC(=O)CCCCCCCCCCCCCCCCC/C=C\C/C=C\CCCCCCC. The molecule has 0 amide bonds. The van der Waals surface area contributed by atoms with Crippen LogP contribution in [0.3, 0.4) is 0 Å². The molecule has 0 spiro atoms. The first-order chi connectivity index (χ1) is 34.5. The van der Waals surface area contributed by atoms with Gasteiger partial charge in [0.15, 0.2) is 6.10 Å². The molecule has 1 atom stereocenters. The van der Waals surface area contributed by atoms with Crippen molar-refractivity contribution in [2.45, 2.75) is 303 Å². The summed E-state index contributed by atoms with van der Waals surface area (Å²) in [6, 6.07) is 0. The van der Waals surface area contributed by atoms with Crippen LogP contribution >= 0.6 is 0 Å². The predicted octanol–water partition coefficient (Wildman–Crippen LogP) is 20.2. The van der Waals surface area contributed by atoms with Gasteiger partial charge in [0, 0.05) is 19.3 Å². The van der Waals surface area contributed by atoms with Crippen LogP contribution in [0.5, 0.6) is 0 Å². The van der Waals surface area contributed by atoms with Gasteiger partial charge in [-0.25, -0.2) is 0 Å². The molecule has 0 aliphatic heterocycles. The molecule has 0 saturated heterocycles. The zero-order chi connectivity index (χ0) is 50.7. The van der Waals surface area contributed by atoms with Crippen molar-refractivity contribution in [2.24, 2.45) is 0 Å². The van der Waals surface area contributed by atoms with Gasteiger partial charge in [-0.1, -0.05) is 248 Å². The molecule has 0 radical (unpaired) electrons. The maximum atomic E-state index is 12.8. The van der Waals surface area contributed by atoms with E-state index in [9.17, 15) is 14.4 Å². The molecule has 1 unspecified atom stereocenters. The van der Waals surface area contributed by atoms with Gasteiger partial charge in [-0.15, -0.1) is 0 Å². The van der Waals surface area contributed by atoms with E-state index >= 15 is 0 Å². The van der Waals surface area contributed by atoms with Crippen LogP contribution in [0.4, 0.5) is 0 Å². The summed E-state index contributed by atoms with van der Waals surface area (Å²) in [6.45, 7) is 6.45. The average molecular weight is 978 g/mol. The Morgan fingerprint density at radius 1 is 0.300 bits per heavy atom. The molecule has 0 N–H and O–H groups in total. The number of unbranched alkanes of at least 4 members (excludes halogenated alkanes) is 31. The zero-order valence-corrected chi connectivity index (χ0v) is 46.3. The van der Waals surface area contributed by atoms with Crippen molar-refractivity contribution in [3.05, 3.63) is 72.9 Å². The number of rotatable bonds is 54. The van der Waals surface area contributed by atoms with Gasteiger partial charge in [0.1, 0.15) is 13.2 Å². The van der Waals surface area contributed by atoms with Gasteiger partial charge < -0.3 is 14.2 Å². The van der Waals surface area contributed by atoms with Crippen molar-refractivity contribution < 1.29 is 28.6 Å². The highest BCUT2D eigenvalue weighted by atomic mass is 16.6. The van der Waals surface area contributed by atoms with E-state index < -0.39 is 6.10 Å². The lowest BCUT2D eigenvalue weighted by atomic mass is 10.0. The van der Waals surface area contributed by atoms with Crippen LogP contribution < -0.4 is 0 Å². The second-order valence-corrected chi connectivity index (χ2v) is 19.9. The highest BCUT2D eigenvalue weighted by molar-refractivity contribution is 5.71. The van der Waals surface area contributed by atoms with Crippen LogP contribution in [-0.2, 0) is 28.6 Å². The van der Waals surface area contributed by atoms with Crippen LogP contribution in [-0.4, -0.2) is 37.2 Å². The molecule has 0 aromatic rings. The number of carbonyl (C=O) groups excluding carboxylic acids is 3. The standard InChI is InChI=1S/C64H112O6/c1-4-7-10-13-16-19-22-24-26-27-28-29-30-31-32-33-34-35-36-37-39-40-42-45-48-51-54-57-63(66)69-60-61(59-68-62(65)56-53-50-47-44-21-18-15-12-9-6-3)70-64(67)58-55-52-49-46-43-41-38-25-23-20-17-14-11-8-5-2/h8,11-12,15,17,20,22,24-25,27-28,38,61H,4-7,9-10,13-14,16,18-19,21,23,26,29-37,39-60H2,1-3H3/b11-8-,15-12-,20-17-,24-22-,28-27-,38-25-. The number of esters is 3. The largest absolute Gasteiger partial charge is 0.462 e. The van der Waals surface area contributed by atoms with Gasteiger partial charge in [-0.05, 0) is 103 Å². The van der Waals surface area contributed by atoms with Crippen molar-refractivity contribution in [3.63, 3.8) is 0 Å². The molecule has 0 aromatic heterocycles. The Hall–Kier alpha value is -3.15. The van der Waals surface area contributed by atoms with Crippen LogP contribution in [0.25, 0.3) is 0 Å². The van der Waals surface area contributed by atoms with E-state index in [1.54, 1.807) is 0 Å². The van der Waals surface area contributed by atoms with E-state index in [2.05, 4.69) is 93.7 Å². The third kappa shape index (κ3) is 55.8. The molecule has 6 heteroatoms. The monoisotopic (exact) mass is 977 g/mol. The molecule has 0 aromatic carbocycles. The van der Waals surface area contributed by atoms with Gasteiger partial charge >= 0.3 is 17.9 Å². The first-order valence-corrected chi connectivity index (χ1v) is 29.9. The second-order valence-electron chi connectivity index (χ2n) is 19.9. The molecular formula is C64H112O6. The van der Waals surface area contributed by atoms with Gasteiger partial charge in [0.05, 0.1) is 0 Å². The van der Waals surface area contributed by atoms with E-state index in [1.165, 1.54) is 141 Å². The van der Waals surface area contributed by atoms with Crippen molar-refractivity contribution in [1.29, 1.82) is 0 Å². The summed E-state index contributed by atoms with van der Waals surface area (Å²) in [5, 5.41) is 0. The normalized spacial score (nSPS) is 12.6. The van der Waals surface area contributed by atoms with Crippen molar-refractivity contribution >= 4 is 17.9 Å². The first-order valence-electron chi connectivity index (χ1n) is 29.9. The van der Waals surface area contributed by atoms with Crippen LogP contribution in [0.2, 0.25) is 0 Å². The van der Waals surface area contributed by atoms with E-state index in [0.29, 0.717) is 19.3 Å². The Bertz CT molecular complexity index is 1310. The van der Waals surface area contributed by atoms with E-state index in [0.717, 1.165) is 116 Å². The van der Waals surface area contributed by atoms with Crippen LogP contribution in [0, 0.1) is 0 Å². The third-order valence-electron chi connectivity index (χ3n) is 12.9. The maximum Gasteiger partial charge on any atom is 0.306 e. The zero-order valence-electron chi connectivity index (χ0n) is 46.3. The molecule has 0 saturated carbocycles. The summed E-state index contributed by atoms with van der Waals surface area (Å²) < 4.78 is 16.8. The van der Waals surface area contributed by atoms with Crippen molar-refractivity contribution in [2.75, 3.05) is 13.2 Å². The lowest BCUT2D eigenvalue weighted by Crippen LogP contribution is -2.30. The second kappa shape index (κ2) is 58.4. The fraction of sp³-hybridized carbons (Fsp3) is 0.766. The fourth-order valence-corrected chi connectivity index (χ4v) is 8.43. The number of hydrogen-bond acceptors (Lipinski definition) is 6. The minimum Gasteiger partial charge on any atom is -0.462 e. The van der Waals surface area contributed by atoms with E-state index in [-0.39, 0.29) is 31.1 Å². The molecule has 0 fully saturated rings. The third-order valence-corrected chi connectivity index (χ3v) is 12.9. The molecule has 0 heterocycles. The summed E-state index contributed by atoms with van der Waals surface area (Å²) in [4.78, 5) is 38.1. The smallest absolute Gasteiger partial charge is 0.306 e. The molecule has 0 bridgehead atoms. The van der Waals surface area contributed by atoms with Gasteiger partial charge in [0.25, 0.3) is 0 Å². The summed E-state index contributed by atoms with van der Waals surface area (Å²) >= 11 is 0. The summed E-state index contributed by atoms with van der Waals surface area (Å²) in [5.41, 5.74) is 0. The van der Waals surface area contributed by atoms with Crippen LogP contribution in [0.15, 0.2) is 72.9 Å². The summed E-state index contributed by atoms with van der Waals surface area (Å²) in [6.07, 6.45) is 74.9. The maximum absolute atomic E-state index is 12.8. The fourth-order valence-electron chi connectivity index (χ4n) is 8.43. The van der Waals surface area contributed by atoms with Gasteiger partial charge in [-0.3, -0.25) is 14.4 Å². The summed E-state index contributed by atoms with van der Waals surface area (Å²) in [7, 11) is 0. The van der Waals surface area contributed by atoms with Gasteiger partial charge in [0.2, 0.25) is 0 Å². The molecule has 0 aliphatic carbocycles. The lowest BCUT2D eigenvalue weighted by molar-refractivity contribution is -0.167. The van der Waals surface area contributed by atoms with Crippen molar-refractivity contribution in [3.8, 4) is 0 Å². The molecule has 0 aliphatic rings. The van der Waals surface area contributed by atoms with E-state index in [4.69, 9.17) is 14.2 Å². The Labute approximate surface area is 433 Å². The molecule has 0 rings (SSSR count). The molecular weight excluding hydrogens is 865 g/mol. The highest BCUT2D eigenvalue weighted by Gasteiger charge is 2.19. The van der Waals surface area contributed by atoms with Gasteiger partial charge in [-0.2, -0.15) is 0 Å². The minimum absolute atomic E-state index is 0.0839.